The summed E-state index contributed by atoms with van der Waals surface area (Å²) in [6.07, 6.45) is 0. The summed E-state index contributed by atoms with van der Waals surface area (Å²) < 4.78 is 13.0. The van der Waals surface area contributed by atoms with Gasteiger partial charge in [0.1, 0.15) is 5.75 Å². The van der Waals surface area contributed by atoms with E-state index >= 15 is 0 Å². The van der Waals surface area contributed by atoms with Crippen LogP contribution in [0.15, 0.2) is 54.6 Å². The predicted molar refractivity (Wildman–Crippen MR) is 131 cm³/mol. The van der Waals surface area contributed by atoms with Gasteiger partial charge in [-0.15, -0.1) is 0 Å². The second-order valence-corrected chi connectivity index (χ2v) is 8.89. The fourth-order valence-corrected chi connectivity index (χ4v) is 3.79. The highest BCUT2D eigenvalue weighted by atomic mass is 35.5. The quantitative estimate of drug-likeness (QED) is 0.443. The summed E-state index contributed by atoms with van der Waals surface area (Å²) in [4.78, 5) is 26.2. The van der Waals surface area contributed by atoms with Crippen molar-refractivity contribution in [3.05, 3.63) is 82.1 Å². The molecule has 1 amide bonds. The SMILES string of the molecule is CCOC(=O)C(NC(=O)C(C)(C)Oc1ccc(Cl)cc1)c1c(C)nn(Cc2ccccc2)c1C. The molecule has 34 heavy (non-hydrogen) atoms. The van der Waals surface area contributed by atoms with Gasteiger partial charge in [-0.1, -0.05) is 41.9 Å². The first-order chi connectivity index (χ1) is 16.1. The molecule has 1 atom stereocenters. The highest BCUT2D eigenvalue weighted by Gasteiger charge is 2.37. The van der Waals surface area contributed by atoms with Crippen LogP contribution in [0.4, 0.5) is 0 Å². The van der Waals surface area contributed by atoms with E-state index in [0.717, 1.165) is 11.3 Å². The minimum atomic E-state index is -1.26. The van der Waals surface area contributed by atoms with Gasteiger partial charge in [-0.25, -0.2) is 4.79 Å². The van der Waals surface area contributed by atoms with Gasteiger partial charge in [-0.2, -0.15) is 5.10 Å². The number of hydrogen-bond donors (Lipinski definition) is 1. The van der Waals surface area contributed by atoms with E-state index in [1.165, 1.54) is 0 Å². The number of esters is 1. The molecule has 1 heterocycles. The highest BCUT2D eigenvalue weighted by Crippen LogP contribution is 2.26. The van der Waals surface area contributed by atoms with Crippen LogP contribution in [0.25, 0.3) is 0 Å². The average molecular weight is 484 g/mol. The minimum absolute atomic E-state index is 0.187. The van der Waals surface area contributed by atoms with E-state index in [0.29, 0.717) is 28.6 Å². The number of hydrogen-bond acceptors (Lipinski definition) is 5. The molecule has 3 aromatic rings. The zero-order chi connectivity index (χ0) is 24.9. The van der Waals surface area contributed by atoms with Crippen molar-refractivity contribution in [2.24, 2.45) is 0 Å². The monoisotopic (exact) mass is 483 g/mol. The van der Waals surface area contributed by atoms with E-state index < -0.39 is 23.5 Å². The Morgan fingerprint density at radius 2 is 1.74 bits per heavy atom. The molecular formula is C26H30ClN3O4. The van der Waals surface area contributed by atoms with Crippen LogP contribution in [0.3, 0.4) is 0 Å². The van der Waals surface area contributed by atoms with Crippen LogP contribution in [0.5, 0.6) is 5.75 Å². The standard InChI is InChI=1S/C26H30ClN3O4/c1-6-33-24(31)23(28-25(32)26(4,5)34-21-14-12-20(27)13-15-21)22-17(2)29-30(18(22)3)16-19-10-8-7-9-11-19/h7-15,23H,6,16H2,1-5H3,(H,28,32). The summed E-state index contributed by atoms with van der Waals surface area (Å²) >= 11 is 5.94. The maximum atomic E-state index is 13.3. The Hall–Kier alpha value is -3.32. The molecule has 1 unspecified atom stereocenters. The molecule has 2 aromatic carbocycles. The lowest BCUT2D eigenvalue weighted by Gasteiger charge is -2.28. The highest BCUT2D eigenvalue weighted by molar-refractivity contribution is 6.30. The fraction of sp³-hybridized carbons (Fsp3) is 0.346. The molecule has 0 fully saturated rings. The van der Waals surface area contributed by atoms with Crippen LogP contribution < -0.4 is 10.1 Å². The van der Waals surface area contributed by atoms with E-state index in [1.807, 2.05) is 48.9 Å². The first kappa shape index (κ1) is 25.3. The van der Waals surface area contributed by atoms with E-state index in [2.05, 4.69) is 10.4 Å². The molecule has 0 saturated heterocycles. The largest absolute Gasteiger partial charge is 0.478 e. The lowest BCUT2D eigenvalue weighted by atomic mass is 10.0. The van der Waals surface area contributed by atoms with Gasteiger partial charge in [0.2, 0.25) is 0 Å². The van der Waals surface area contributed by atoms with Gasteiger partial charge in [-0.3, -0.25) is 9.48 Å². The molecule has 0 aliphatic carbocycles. The Morgan fingerprint density at radius 1 is 1.09 bits per heavy atom. The molecule has 0 aliphatic rings. The van der Waals surface area contributed by atoms with Gasteiger partial charge in [-0.05, 0) is 64.4 Å². The molecule has 8 heteroatoms. The van der Waals surface area contributed by atoms with Crippen molar-refractivity contribution >= 4 is 23.5 Å². The van der Waals surface area contributed by atoms with Crippen LogP contribution in [-0.4, -0.2) is 33.9 Å². The van der Waals surface area contributed by atoms with Gasteiger partial charge in [0.05, 0.1) is 18.8 Å². The molecule has 0 spiro atoms. The van der Waals surface area contributed by atoms with Gasteiger partial charge >= 0.3 is 5.97 Å². The number of aryl methyl sites for hydroxylation is 1. The third-order valence-corrected chi connectivity index (χ3v) is 5.68. The Morgan fingerprint density at radius 3 is 2.35 bits per heavy atom. The summed E-state index contributed by atoms with van der Waals surface area (Å²) in [6, 6.07) is 15.6. The normalized spacial score (nSPS) is 12.2. The zero-order valence-corrected chi connectivity index (χ0v) is 20.8. The maximum absolute atomic E-state index is 13.3. The van der Waals surface area contributed by atoms with Crippen molar-refractivity contribution in [1.82, 2.24) is 15.1 Å². The number of aromatic nitrogens is 2. The minimum Gasteiger partial charge on any atom is -0.478 e. The second-order valence-electron chi connectivity index (χ2n) is 8.45. The van der Waals surface area contributed by atoms with Crippen molar-refractivity contribution in [3.8, 4) is 5.75 Å². The van der Waals surface area contributed by atoms with Gasteiger partial charge in [0, 0.05) is 16.3 Å². The summed E-state index contributed by atoms with van der Waals surface area (Å²) in [7, 11) is 0. The molecule has 0 radical (unpaired) electrons. The van der Waals surface area contributed by atoms with Crippen molar-refractivity contribution in [3.63, 3.8) is 0 Å². The Balaban J connectivity index is 1.88. The van der Waals surface area contributed by atoms with Gasteiger partial charge < -0.3 is 14.8 Å². The average Bonchev–Trinajstić information content (AvgIpc) is 3.06. The van der Waals surface area contributed by atoms with E-state index in [4.69, 9.17) is 21.1 Å². The number of nitrogens with zero attached hydrogens (tertiary/aromatic N) is 2. The lowest BCUT2D eigenvalue weighted by molar-refractivity contribution is -0.149. The molecule has 0 bridgehead atoms. The molecule has 3 rings (SSSR count). The molecular weight excluding hydrogens is 454 g/mol. The van der Waals surface area contributed by atoms with E-state index in [-0.39, 0.29) is 6.61 Å². The lowest BCUT2D eigenvalue weighted by Crippen LogP contribution is -2.49. The fourth-order valence-electron chi connectivity index (χ4n) is 3.66. The van der Waals surface area contributed by atoms with E-state index in [1.54, 1.807) is 45.0 Å². The number of carbonyl (C=O) groups is 2. The van der Waals surface area contributed by atoms with Crippen LogP contribution in [0.1, 0.15) is 49.3 Å². The number of benzene rings is 2. The smallest absolute Gasteiger partial charge is 0.333 e. The Labute approximate surface area is 205 Å². The summed E-state index contributed by atoms with van der Waals surface area (Å²) in [5.74, 6) is -0.529. The van der Waals surface area contributed by atoms with Crippen molar-refractivity contribution in [2.75, 3.05) is 6.61 Å². The molecule has 0 aliphatic heterocycles. The molecule has 1 aromatic heterocycles. The van der Waals surface area contributed by atoms with Gasteiger partial charge in [0.25, 0.3) is 5.91 Å². The second kappa shape index (κ2) is 10.7. The van der Waals surface area contributed by atoms with Crippen LogP contribution >= 0.6 is 11.6 Å². The predicted octanol–water partition coefficient (Wildman–Crippen LogP) is 4.78. The van der Waals surface area contributed by atoms with Crippen LogP contribution in [0, 0.1) is 13.8 Å². The number of amides is 1. The Bertz CT molecular complexity index is 1140. The molecule has 180 valence electrons. The number of carbonyl (C=O) groups excluding carboxylic acids is 2. The third kappa shape index (κ3) is 5.97. The van der Waals surface area contributed by atoms with Crippen molar-refractivity contribution < 1.29 is 19.1 Å². The van der Waals surface area contributed by atoms with Gasteiger partial charge in [0.15, 0.2) is 11.6 Å². The first-order valence-corrected chi connectivity index (χ1v) is 11.5. The molecule has 1 N–H and O–H groups in total. The number of rotatable bonds is 9. The number of nitrogens with one attached hydrogen (secondary N) is 1. The van der Waals surface area contributed by atoms with E-state index in [9.17, 15) is 9.59 Å². The number of ether oxygens (including phenoxy) is 2. The summed E-state index contributed by atoms with van der Waals surface area (Å²) in [6.45, 7) is 9.43. The topological polar surface area (TPSA) is 82.4 Å². The molecule has 7 nitrogen and oxygen atoms in total. The summed E-state index contributed by atoms with van der Waals surface area (Å²) in [5, 5.41) is 8.02. The summed E-state index contributed by atoms with van der Waals surface area (Å²) in [5.41, 5.74) is 1.85. The van der Waals surface area contributed by atoms with Crippen molar-refractivity contribution in [2.45, 2.75) is 52.8 Å². The maximum Gasteiger partial charge on any atom is 0.333 e. The van der Waals surface area contributed by atoms with Crippen LogP contribution in [0.2, 0.25) is 5.02 Å². The van der Waals surface area contributed by atoms with Crippen LogP contribution in [-0.2, 0) is 20.9 Å². The molecule has 0 saturated carbocycles. The Kier molecular flexibility index (Phi) is 7.99. The van der Waals surface area contributed by atoms with Crippen molar-refractivity contribution in [1.29, 1.82) is 0 Å². The number of halogens is 1. The third-order valence-electron chi connectivity index (χ3n) is 5.43. The zero-order valence-electron chi connectivity index (χ0n) is 20.1. The first-order valence-electron chi connectivity index (χ1n) is 11.1.